The normalized spacial score (nSPS) is 19.2. The molecule has 0 bridgehead atoms. The molecular weight excluding hydrogens is 326 g/mol. The van der Waals surface area contributed by atoms with Gasteiger partial charge in [-0.25, -0.2) is 0 Å². The van der Waals surface area contributed by atoms with Gasteiger partial charge in [-0.3, -0.25) is 4.90 Å². The Hall–Kier alpha value is -1.23. The van der Waals surface area contributed by atoms with E-state index in [1.165, 1.54) is 19.3 Å². The Kier molecular flexibility index (Phi) is 9.19. The predicted molar refractivity (Wildman–Crippen MR) is 93.3 cm³/mol. The van der Waals surface area contributed by atoms with Crippen LogP contribution in [-0.4, -0.2) is 49.0 Å². The number of nitrogens with zero attached hydrogens (tertiary/aromatic N) is 1. The molecule has 24 heavy (non-hydrogen) atoms. The molecule has 2 atom stereocenters. The first-order valence-electron chi connectivity index (χ1n) is 8.46. The quantitative estimate of drug-likeness (QED) is 0.669. The van der Waals surface area contributed by atoms with E-state index in [1.54, 1.807) is 7.11 Å². The van der Waals surface area contributed by atoms with Gasteiger partial charge in [0, 0.05) is 12.6 Å². The highest BCUT2D eigenvalue weighted by Crippen LogP contribution is 2.28. The summed E-state index contributed by atoms with van der Waals surface area (Å²) in [5, 5.41) is 10.3. The first-order valence-corrected chi connectivity index (χ1v) is 8.46. The average molecular weight is 355 g/mol. The van der Waals surface area contributed by atoms with Crippen LogP contribution < -0.4 is 21.9 Å². The van der Waals surface area contributed by atoms with Crippen molar-refractivity contribution in [2.24, 2.45) is 0 Å². The highest BCUT2D eigenvalue weighted by atomic mass is 35.5. The van der Waals surface area contributed by atoms with E-state index in [-0.39, 0.29) is 19.0 Å². The van der Waals surface area contributed by atoms with Crippen LogP contribution in [0.3, 0.4) is 0 Å². The van der Waals surface area contributed by atoms with Crippen molar-refractivity contribution >= 4 is 0 Å². The topological polar surface area (TPSA) is 41.9 Å². The number of halogens is 1. The number of hydrogen-bond donors (Lipinski definition) is 1. The lowest BCUT2D eigenvalue weighted by atomic mass is 10.0. The minimum Gasteiger partial charge on any atom is -1.00 e. The minimum atomic E-state index is -0.492. The second-order valence-electron chi connectivity index (χ2n) is 6.28. The number of piperidine rings is 1. The number of benzene rings is 1. The molecular formula is C19H29ClNO3-. The average Bonchev–Trinajstić information content (AvgIpc) is 2.56. The largest absolute Gasteiger partial charge is 1.00 e. The lowest BCUT2D eigenvalue weighted by molar-refractivity contribution is -0.00000736. The van der Waals surface area contributed by atoms with Crippen LogP contribution in [-0.2, 0) is 6.42 Å². The third-order valence-electron chi connectivity index (χ3n) is 4.43. The van der Waals surface area contributed by atoms with Gasteiger partial charge in [0.05, 0.1) is 7.11 Å². The Labute approximate surface area is 151 Å². The monoisotopic (exact) mass is 354 g/mol. The molecule has 1 heterocycles. The molecule has 1 aromatic rings. The maximum absolute atomic E-state index is 10.3. The van der Waals surface area contributed by atoms with Crippen molar-refractivity contribution in [3.05, 3.63) is 36.4 Å². The van der Waals surface area contributed by atoms with E-state index in [0.717, 1.165) is 18.5 Å². The summed E-state index contributed by atoms with van der Waals surface area (Å²) in [6.07, 6.45) is 5.89. The maximum Gasteiger partial charge on any atom is 0.161 e. The maximum atomic E-state index is 10.3. The van der Waals surface area contributed by atoms with Crippen LogP contribution in [0.4, 0.5) is 0 Å². The fraction of sp³-hybridized carbons (Fsp3) is 0.579. The summed E-state index contributed by atoms with van der Waals surface area (Å²) in [6.45, 7) is 7.99. The summed E-state index contributed by atoms with van der Waals surface area (Å²) < 4.78 is 11.2. The fourth-order valence-electron chi connectivity index (χ4n) is 3.06. The predicted octanol–water partition coefficient (Wildman–Crippen LogP) is 0.0418. The molecule has 1 aliphatic heterocycles. The Bertz CT molecular complexity index is 509. The van der Waals surface area contributed by atoms with Gasteiger partial charge in [-0.05, 0) is 50.4 Å². The van der Waals surface area contributed by atoms with Crippen LogP contribution in [0.25, 0.3) is 0 Å². The van der Waals surface area contributed by atoms with E-state index in [4.69, 9.17) is 9.47 Å². The van der Waals surface area contributed by atoms with E-state index in [2.05, 4.69) is 18.4 Å². The standard InChI is InChI=1S/C19H29NO3.ClH/c1-4-7-16-9-10-18(19(12-16)22-3)23-14-17(21)13-20-11-6-5-8-15(20)2;/h4,9-10,12,15,17,21H,1,5-8,11,13-14H2,2-3H3;1H/p-1. The van der Waals surface area contributed by atoms with Crippen LogP contribution in [0.15, 0.2) is 30.9 Å². The molecule has 2 unspecified atom stereocenters. The lowest BCUT2D eigenvalue weighted by Gasteiger charge is -2.34. The Balaban J connectivity index is 0.00000288. The molecule has 1 saturated heterocycles. The molecule has 0 spiro atoms. The van der Waals surface area contributed by atoms with Gasteiger partial charge >= 0.3 is 0 Å². The number of β-amino-alcohol motifs (C(OH)–C–C–N with tert-alkyl or cyclic N) is 1. The van der Waals surface area contributed by atoms with Crippen molar-refractivity contribution in [2.45, 2.75) is 44.8 Å². The third-order valence-corrected chi connectivity index (χ3v) is 4.43. The number of aliphatic hydroxyl groups excluding tert-OH is 1. The molecule has 1 aromatic carbocycles. The molecule has 2 rings (SSSR count). The number of likely N-dealkylation sites (tertiary alicyclic amines) is 1. The second-order valence-corrected chi connectivity index (χ2v) is 6.28. The summed E-state index contributed by atoms with van der Waals surface area (Å²) in [5.74, 6) is 1.37. The summed E-state index contributed by atoms with van der Waals surface area (Å²) in [7, 11) is 1.63. The van der Waals surface area contributed by atoms with Crippen LogP contribution >= 0.6 is 0 Å². The van der Waals surface area contributed by atoms with Gasteiger partial charge in [0.2, 0.25) is 0 Å². The molecule has 0 aliphatic carbocycles. The van der Waals surface area contributed by atoms with Gasteiger partial charge in [-0.2, -0.15) is 0 Å². The van der Waals surface area contributed by atoms with Gasteiger partial charge < -0.3 is 27.0 Å². The van der Waals surface area contributed by atoms with Crippen molar-refractivity contribution in [2.75, 3.05) is 26.8 Å². The smallest absolute Gasteiger partial charge is 0.161 e. The van der Waals surface area contributed by atoms with E-state index in [0.29, 0.717) is 24.1 Å². The molecule has 136 valence electrons. The van der Waals surface area contributed by atoms with Gasteiger partial charge in [-0.1, -0.05) is 18.6 Å². The molecule has 0 radical (unpaired) electrons. The molecule has 1 N–H and O–H groups in total. The number of aliphatic hydroxyl groups is 1. The summed E-state index contributed by atoms with van der Waals surface area (Å²) in [6, 6.07) is 6.40. The van der Waals surface area contributed by atoms with Gasteiger partial charge in [0.1, 0.15) is 12.7 Å². The van der Waals surface area contributed by atoms with E-state index < -0.39 is 6.10 Å². The highest BCUT2D eigenvalue weighted by molar-refractivity contribution is 5.43. The van der Waals surface area contributed by atoms with Crippen molar-refractivity contribution in [3.63, 3.8) is 0 Å². The van der Waals surface area contributed by atoms with Gasteiger partial charge in [-0.15, -0.1) is 6.58 Å². The third kappa shape index (κ3) is 6.00. The molecule has 0 amide bonds. The Morgan fingerprint density at radius 3 is 2.83 bits per heavy atom. The first-order chi connectivity index (χ1) is 11.1. The molecule has 4 nitrogen and oxygen atoms in total. The number of allylic oxidation sites excluding steroid dienone is 1. The minimum absolute atomic E-state index is 0. The van der Waals surface area contributed by atoms with Gasteiger partial charge in [0.15, 0.2) is 11.5 Å². The number of ether oxygens (including phenoxy) is 2. The first kappa shape index (κ1) is 20.8. The van der Waals surface area contributed by atoms with E-state index >= 15 is 0 Å². The van der Waals surface area contributed by atoms with Crippen molar-refractivity contribution in [1.29, 1.82) is 0 Å². The molecule has 1 aliphatic rings. The summed E-state index contributed by atoms with van der Waals surface area (Å²) >= 11 is 0. The number of methoxy groups -OCH3 is 1. The molecule has 5 heteroatoms. The van der Waals surface area contributed by atoms with Crippen LogP contribution in [0.5, 0.6) is 11.5 Å². The second kappa shape index (κ2) is 10.6. The van der Waals surface area contributed by atoms with Crippen molar-refractivity contribution in [3.8, 4) is 11.5 Å². The molecule has 1 fully saturated rings. The van der Waals surface area contributed by atoms with Gasteiger partial charge in [0.25, 0.3) is 0 Å². The lowest BCUT2D eigenvalue weighted by Crippen LogP contribution is -3.00. The van der Waals surface area contributed by atoms with Crippen molar-refractivity contribution < 1.29 is 27.0 Å². The number of hydrogen-bond acceptors (Lipinski definition) is 4. The highest BCUT2D eigenvalue weighted by Gasteiger charge is 2.21. The van der Waals surface area contributed by atoms with Crippen molar-refractivity contribution in [1.82, 2.24) is 4.90 Å². The summed E-state index contributed by atoms with van der Waals surface area (Å²) in [4.78, 5) is 2.35. The Morgan fingerprint density at radius 2 is 2.17 bits per heavy atom. The summed E-state index contributed by atoms with van der Waals surface area (Å²) in [5.41, 5.74) is 1.13. The zero-order valence-electron chi connectivity index (χ0n) is 14.7. The zero-order chi connectivity index (χ0) is 16.7. The number of rotatable bonds is 8. The van der Waals surface area contributed by atoms with E-state index in [9.17, 15) is 5.11 Å². The van der Waals surface area contributed by atoms with Crippen LogP contribution in [0, 0.1) is 0 Å². The van der Waals surface area contributed by atoms with E-state index in [1.807, 2.05) is 24.3 Å². The van der Waals surface area contributed by atoms with Crippen LogP contribution in [0.2, 0.25) is 0 Å². The Morgan fingerprint density at radius 1 is 1.38 bits per heavy atom. The zero-order valence-corrected chi connectivity index (χ0v) is 15.5. The molecule has 0 saturated carbocycles. The SMILES string of the molecule is C=CCc1ccc(OCC(O)CN2CCCCC2C)c(OC)c1.[Cl-]. The van der Waals surface area contributed by atoms with Crippen LogP contribution in [0.1, 0.15) is 31.7 Å². The molecule has 0 aromatic heterocycles. The fourth-order valence-corrected chi connectivity index (χ4v) is 3.06.